The number of ether oxygens (including phenoxy) is 2. The number of aromatic nitrogens is 3. The maximum Gasteiger partial charge on any atom is 0.217 e. The van der Waals surface area contributed by atoms with Crippen molar-refractivity contribution < 1.29 is 9.47 Å². The van der Waals surface area contributed by atoms with Crippen molar-refractivity contribution in [1.82, 2.24) is 14.8 Å². The Morgan fingerprint density at radius 3 is 2.92 bits per heavy atom. The fourth-order valence-corrected chi connectivity index (χ4v) is 3.52. The molecule has 1 fully saturated rings. The molecule has 24 heavy (non-hydrogen) atoms. The van der Waals surface area contributed by atoms with E-state index >= 15 is 0 Å². The third kappa shape index (κ3) is 3.91. The summed E-state index contributed by atoms with van der Waals surface area (Å²) >= 11 is 12.5. The van der Waals surface area contributed by atoms with Gasteiger partial charge in [-0.2, -0.15) is 5.10 Å². The Labute approximate surface area is 151 Å². The monoisotopic (exact) mass is 369 g/mol. The van der Waals surface area contributed by atoms with Gasteiger partial charge in [-0.1, -0.05) is 55.5 Å². The lowest BCUT2D eigenvalue weighted by molar-refractivity contribution is -0.189. The number of halogens is 2. The number of hydrogen-bond acceptors (Lipinski definition) is 4. The van der Waals surface area contributed by atoms with Crippen molar-refractivity contribution in [3.63, 3.8) is 0 Å². The lowest BCUT2D eigenvalue weighted by Gasteiger charge is -2.29. The average molecular weight is 370 g/mol. The Bertz CT molecular complexity index is 666. The van der Waals surface area contributed by atoms with Gasteiger partial charge in [0.15, 0.2) is 0 Å². The number of benzene rings is 1. The predicted molar refractivity (Wildman–Crippen MR) is 93.1 cm³/mol. The molecule has 5 nitrogen and oxygen atoms in total. The van der Waals surface area contributed by atoms with Crippen molar-refractivity contribution in [3.05, 3.63) is 46.5 Å². The molecule has 1 aromatic heterocycles. The van der Waals surface area contributed by atoms with Crippen LogP contribution in [0, 0.1) is 0 Å². The smallest absolute Gasteiger partial charge is 0.217 e. The molecular weight excluding hydrogens is 349 g/mol. The van der Waals surface area contributed by atoms with E-state index in [2.05, 4.69) is 17.0 Å². The molecule has 130 valence electrons. The Morgan fingerprint density at radius 1 is 1.33 bits per heavy atom. The minimum atomic E-state index is -0.966. The first kappa shape index (κ1) is 17.7. The normalized spacial score (nSPS) is 23.7. The van der Waals surface area contributed by atoms with Crippen LogP contribution in [-0.4, -0.2) is 27.5 Å². The molecule has 0 bridgehead atoms. The summed E-state index contributed by atoms with van der Waals surface area (Å²) in [5, 5.41) is 5.28. The molecule has 0 saturated carbocycles. The van der Waals surface area contributed by atoms with Gasteiger partial charge in [-0.3, -0.25) is 0 Å². The van der Waals surface area contributed by atoms with Crippen LogP contribution in [-0.2, 0) is 21.8 Å². The molecule has 2 aromatic rings. The van der Waals surface area contributed by atoms with Gasteiger partial charge in [0.05, 0.1) is 17.7 Å². The van der Waals surface area contributed by atoms with Crippen LogP contribution in [0.25, 0.3) is 0 Å². The number of hydrogen-bond donors (Lipinski definition) is 0. The van der Waals surface area contributed by atoms with E-state index < -0.39 is 5.79 Å². The van der Waals surface area contributed by atoms with Gasteiger partial charge in [-0.15, -0.1) is 0 Å². The maximum atomic E-state index is 6.42. The fourth-order valence-electron chi connectivity index (χ4n) is 2.96. The zero-order valence-corrected chi connectivity index (χ0v) is 15.1. The van der Waals surface area contributed by atoms with E-state index in [1.54, 1.807) is 23.1 Å². The lowest BCUT2D eigenvalue weighted by Crippen LogP contribution is -2.34. The van der Waals surface area contributed by atoms with Gasteiger partial charge in [-0.25, -0.2) is 9.67 Å². The Balaban J connectivity index is 1.85. The predicted octanol–water partition coefficient (Wildman–Crippen LogP) is 4.43. The van der Waals surface area contributed by atoms with E-state index in [4.69, 9.17) is 32.7 Å². The summed E-state index contributed by atoms with van der Waals surface area (Å²) < 4.78 is 14.2. The molecule has 3 rings (SSSR count). The van der Waals surface area contributed by atoms with Gasteiger partial charge < -0.3 is 9.47 Å². The number of unbranched alkanes of at least 4 members (excludes halogenated alkanes) is 2. The van der Waals surface area contributed by atoms with Crippen molar-refractivity contribution in [2.75, 3.05) is 6.61 Å². The first-order valence-electron chi connectivity index (χ1n) is 8.22. The summed E-state index contributed by atoms with van der Waals surface area (Å²) in [4.78, 5) is 3.99. The maximum absolute atomic E-state index is 6.42. The lowest BCUT2D eigenvalue weighted by atomic mass is 10.1. The Kier molecular flexibility index (Phi) is 5.76. The van der Waals surface area contributed by atoms with Crippen LogP contribution < -0.4 is 0 Å². The van der Waals surface area contributed by atoms with E-state index in [-0.39, 0.29) is 6.10 Å². The molecule has 1 aliphatic heterocycles. The largest absolute Gasteiger partial charge is 0.342 e. The van der Waals surface area contributed by atoms with Crippen LogP contribution in [0.3, 0.4) is 0 Å². The second kappa shape index (κ2) is 7.83. The van der Waals surface area contributed by atoms with Gasteiger partial charge in [-0.05, 0) is 18.6 Å². The van der Waals surface area contributed by atoms with E-state index in [0.29, 0.717) is 23.2 Å². The molecule has 0 spiro atoms. The minimum Gasteiger partial charge on any atom is -0.342 e. The first-order chi connectivity index (χ1) is 11.6. The van der Waals surface area contributed by atoms with E-state index in [9.17, 15) is 0 Å². The summed E-state index contributed by atoms with van der Waals surface area (Å²) in [6.45, 7) is 3.12. The molecule has 1 aliphatic rings. The molecule has 0 radical (unpaired) electrons. The van der Waals surface area contributed by atoms with Crippen LogP contribution in [0.15, 0.2) is 30.9 Å². The standard InChI is InChI=1S/C17H21Cl2N3O2/c1-2-3-4-5-14-9-23-17(24-14,10-22-12-20-11-21-22)15-7-6-13(18)8-16(15)19/h6-8,11-12,14H,2-5,9-10H2,1H3. The summed E-state index contributed by atoms with van der Waals surface area (Å²) in [5.74, 6) is -0.966. The van der Waals surface area contributed by atoms with Crippen molar-refractivity contribution >= 4 is 23.2 Å². The van der Waals surface area contributed by atoms with E-state index in [0.717, 1.165) is 18.4 Å². The van der Waals surface area contributed by atoms with Gasteiger partial charge in [0.25, 0.3) is 0 Å². The molecule has 1 aromatic carbocycles. The minimum absolute atomic E-state index is 0.0480. The van der Waals surface area contributed by atoms with Crippen molar-refractivity contribution in [2.45, 2.75) is 51.0 Å². The van der Waals surface area contributed by atoms with Crippen LogP contribution >= 0.6 is 23.2 Å². The summed E-state index contributed by atoms with van der Waals surface area (Å²) in [6, 6.07) is 5.36. The molecule has 2 heterocycles. The highest BCUT2D eigenvalue weighted by atomic mass is 35.5. The topological polar surface area (TPSA) is 49.2 Å². The molecule has 0 N–H and O–H groups in total. The Hall–Kier alpha value is -1.14. The molecule has 0 aliphatic carbocycles. The van der Waals surface area contributed by atoms with Gasteiger partial charge in [0.1, 0.15) is 19.2 Å². The highest BCUT2D eigenvalue weighted by molar-refractivity contribution is 6.35. The van der Waals surface area contributed by atoms with E-state index in [1.807, 2.05) is 6.07 Å². The van der Waals surface area contributed by atoms with Crippen LogP contribution in [0.4, 0.5) is 0 Å². The van der Waals surface area contributed by atoms with Gasteiger partial charge in [0.2, 0.25) is 5.79 Å². The van der Waals surface area contributed by atoms with Crippen LogP contribution in [0.5, 0.6) is 0 Å². The van der Waals surface area contributed by atoms with Gasteiger partial charge >= 0.3 is 0 Å². The highest BCUT2D eigenvalue weighted by Gasteiger charge is 2.45. The molecule has 0 amide bonds. The second-order valence-corrected chi connectivity index (χ2v) is 6.86. The third-order valence-electron chi connectivity index (χ3n) is 4.17. The molecule has 2 unspecified atom stereocenters. The van der Waals surface area contributed by atoms with Crippen molar-refractivity contribution in [2.24, 2.45) is 0 Å². The number of nitrogens with zero attached hydrogens (tertiary/aromatic N) is 3. The van der Waals surface area contributed by atoms with Crippen LogP contribution in [0.1, 0.15) is 38.2 Å². The van der Waals surface area contributed by atoms with Crippen LogP contribution in [0.2, 0.25) is 10.0 Å². The Morgan fingerprint density at radius 2 is 2.21 bits per heavy atom. The quantitative estimate of drug-likeness (QED) is 0.677. The zero-order valence-electron chi connectivity index (χ0n) is 13.6. The third-order valence-corrected chi connectivity index (χ3v) is 4.72. The average Bonchev–Trinajstić information content (AvgIpc) is 3.19. The SMILES string of the molecule is CCCCCC1COC(Cn2cncn2)(c2ccc(Cl)cc2Cl)O1. The summed E-state index contributed by atoms with van der Waals surface area (Å²) in [6.07, 6.45) is 7.65. The summed E-state index contributed by atoms with van der Waals surface area (Å²) in [5.41, 5.74) is 0.766. The first-order valence-corrected chi connectivity index (χ1v) is 8.98. The van der Waals surface area contributed by atoms with Crippen molar-refractivity contribution in [1.29, 1.82) is 0 Å². The zero-order chi connectivity index (χ0) is 17.0. The highest BCUT2D eigenvalue weighted by Crippen LogP contribution is 2.41. The fraction of sp³-hybridized carbons (Fsp3) is 0.529. The molecule has 2 atom stereocenters. The molecule has 1 saturated heterocycles. The molecule has 7 heteroatoms. The molecular formula is C17H21Cl2N3O2. The summed E-state index contributed by atoms with van der Waals surface area (Å²) in [7, 11) is 0. The van der Waals surface area contributed by atoms with E-state index in [1.165, 1.54) is 19.2 Å². The second-order valence-electron chi connectivity index (χ2n) is 6.02. The van der Waals surface area contributed by atoms with Gasteiger partial charge in [0, 0.05) is 10.6 Å². The van der Waals surface area contributed by atoms with Crippen molar-refractivity contribution in [3.8, 4) is 0 Å². The number of rotatable bonds is 7.